The summed E-state index contributed by atoms with van der Waals surface area (Å²) >= 11 is 1.24. The molecule has 0 aliphatic heterocycles. The molecule has 100 valence electrons. The van der Waals surface area contributed by atoms with Crippen LogP contribution in [0.5, 0.6) is 5.75 Å². The number of anilines is 2. The van der Waals surface area contributed by atoms with Crippen molar-refractivity contribution in [3.63, 3.8) is 0 Å². The first-order chi connectivity index (χ1) is 8.99. The van der Waals surface area contributed by atoms with E-state index in [4.69, 9.17) is 0 Å². The number of hydrogen-bond donors (Lipinski definition) is 0. The smallest absolute Gasteiger partial charge is 0.406 e. The zero-order valence-corrected chi connectivity index (χ0v) is 10.1. The molecule has 4 nitrogen and oxygen atoms in total. The van der Waals surface area contributed by atoms with Gasteiger partial charge in [-0.15, -0.1) is 24.5 Å². The molecule has 0 aliphatic carbocycles. The average molecular weight is 288 g/mol. The summed E-state index contributed by atoms with van der Waals surface area (Å²) in [7, 11) is 0. The van der Waals surface area contributed by atoms with Crippen molar-refractivity contribution in [2.24, 2.45) is 0 Å². The predicted octanol–water partition coefficient (Wildman–Crippen LogP) is 3.34. The monoisotopic (exact) mass is 288 g/mol. The van der Waals surface area contributed by atoms with E-state index in [1.807, 2.05) is 0 Å². The van der Waals surface area contributed by atoms with Crippen LogP contribution in [-0.2, 0) is 4.79 Å². The lowest BCUT2D eigenvalue weighted by molar-refractivity contribution is -0.274. The molecule has 0 spiro atoms. The van der Waals surface area contributed by atoms with Gasteiger partial charge in [-0.25, -0.2) is 4.98 Å². The van der Waals surface area contributed by atoms with Crippen molar-refractivity contribution in [3.8, 4) is 5.75 Å². The number of carbonyl (C=O) groups is 1. The van der Waals surface area contributed by atoms with E-state index in [-0.39, 0.29) is 5.75 Å². The Labute approximate surface area is 110 Å². The Morgan fingerprint density at radius 2 is 1.95 bits per heavy atom. The third kappa shape index (κ3) is 3.44. The first-order valence-corrected chi connectivity index (χ1v) is 5.87. The number of benzene rings is 1. The maximum Gasteiger partial charge on any atom is 0.573 e. The minimum absolute atomic E-state index is 0.346. The Kier molecular flexibility index (Phi) is 3.70. The highest BCUT2D eigenvalue weighted by Crippen LogP contribution is 2.29. The number of nitrogens with zero attached hydrogens (tertiary/aromatic N) is 2. The van der Waals surface area contributed by atoms with Gasteiger partial charge in [0.1, 0.15) is 5.75 Å². The van der Waals surface area contributed by atoms with Gasteiger partial charge in [-0.1, -0.05) is 0 Å². The van der Waals surface area contributed by atoms with Gasteiger partial charge in [0.15, 0.2) is 5.13 Å². The standard InChI is InChI=1S/C11H7F3N2O2S/c12-11(13,14)18-9-3-1-8(2-4-9)16(7-17)10-15-5-6-19-10/h1-7H. The molecular formula is C11H7F3N2O2S. The zero-order valence-electron chi connectivity index (χ0n) is 9.29. The highest BCUT2D eigenvalue weighted by atomic mass is 32.1. The summed E-state index contributed by atoms with van der Waals surface area (Å²) < 4.78 is 39.7. The normalized spacial score (nSPS) is 11.1. The van der Waals surface area contributed by atoms with E-state index in [2.05, 4.69) is 9.72 Å². The number of hydrogen-bond acceptors (Lipinski definition) is 4. The maximum atomic E-state index is 12.0. The Morgan fingerprint density at radius 3 is 2.42 bits per heavy atom. The molecule has 1 amide bonds. The molecule has 0 atom stereocenters. The third-order valence-electron chi connectivity index (χ3n) is 2.08. The molecule has 1 aromatic carbocycles. The van der Waals surface area contributed by atoms with Crippen LogP contribution in [0.2, 0.25) is 0 Å². The maximum absolute atomic E-state index is 12.0. The predicted molar refractivity (Wildman–Crippen MR) is 63.4 cm³/mol. The van der Waals surface area contributed by atoms with E-state index < -0.39 is 6.36 Å². The summed E-state index contributed by atoms with van der Waals surface area (Å²) in [5, 5.41) is 2.12. The van der Waals surface area contributed by atoms with Gasteiger partial charge >= 0.3 is 6.36 Å². The van der Waals surface area contributed by atoms with Crippen molar-refractivity contribution in [2.45, 2.75) is 6.36 Å². The van der Waals surface area contributed by atoms with E-state index >= 15 is 0 Å². The van der Waals surface area contributed by atoms with Gasteiger partial charge in [0.25, 0.3) is 0 Å². The number of carbonyl (C=O) groups excluding carboxylic acids is 1. The summed E-state index contributed by atoms with van der Waals surface area (Å²) in [4.78, 5) is 16.2. The molecule has 1 aromatic heterocycles. The summed E-state index contributed by atoms with van der Waals surface area (Å²) in [5.74, 6) is -0.346. The SMILES string of the molecule is O=CN(c1ccc(OC(F)(F)F)cc1)c1nccs1. The van der Waals surface area contributed by atoms with Crippen molar-refractivity contribution in [1.29, 1.82) is 0 Å². The van der Waals surface area contributed by atoms with Gasteiger partial charge in [-0.2, -0.15) is 0 Å². The van der Waals surface area contributed by atoms with Crippen LogP contribution in [0, 0.1) is 0 Å². The number of rotatable bonds is 4. The van der Waals surface area contributed by atoms with Crippen LogP contribution >= 0.6 is 11.3 Å². The first-order valence-electron chi connectivity index (χ1n) is 4.99. The van der Waals surface area contributed by atoms with E-state index in [1.165, 1.54) is 34.6 Å². The number of ether oxygens (including phenoxy) is 1. The summed E-state index contributed by atoms with van der Waals surface area (Å²) in [6.07, 6.45) is -2.67. The molecule has 19 heavy (non-hydrogen) atoms. The molecule has 0 saturated heterocycles. The molecule has 0 fully saturated rings. The van der Waals surface area contributed by atoms with Gasteiger partial charge in [0.05, 0.1) is 5.69 Å². The Morgan fingerprint density at radius 1 is 1.26 bits per heavy atom. The van der Waals surface area contributed by atoms with Crippen molar-refractivity contribution >= 4 is 28.6 Å². The molecule has 0 bridgehead atoms. The lowest BCUT2D eigenvalue weighted by Gasteiger charge is -2.15. The van der Waals surface area contributed by atoms with E-state index in [0.29, 0.717) is 17.2 Å². The molecule has 1 heterocycles. The first kappa shape index (κ1) is 13.3. The average Bonchev–Trinajstić information content (AvgIpc) is 2.84. The number of alkyl halides is 3. The quantitative estimate of drug-likeness (QED) is 0.810. The van der Waals surface area contributed by atoms with Crippen LogP contribution in [0.25, 0.3) is 0 Å². The van der Waals surface area contributed by atoms with Crippen molar-refractivity contribution in [1.82, 2.24) is 4.98 Å². The van der Waals surface area contributed by atoms with Gasteiger partial charge in [-0.3, -0.25) is 9.69 Å². The Balaban J connectivity index is 2.20. The lowest BCUT2D eigenvalue weighted by Crippen LogP contribution is -2.17. The summed E-state index contributed by atoms with van der Waals surface area (Å²) in [5.41, 5.74) is 0.402. The summed E-state index contributed by atoms with van der Waals surface area (Å²) in [6.45, 7) is 0. The number of halogens is 3. The van der Waals surface area contributed by atoms with E-state index in [0.717, 1.165) is 12.1 Å². The van der Waals surface area contributed by atoms with Crippen LogP contribution in [0.1, 0.15) is 0 Å². The lowest BCUT2D eigenvalue weighted by atomic mass is 10.3. The molecule has 0 saturated carbocycles. The van der Waals surface area contributed by atoms with Crippen molar-refractivity contribution < 1.29 is 22.7 Å². The van der Waals surface area contributed by atoms with Gasteiger partial charge in [-0.05, 0) is 24.3 Å². The second-order valence-corrected chi connectivity index (χ2v) is 4.20. The van der Waals surface area contributed by atoms with Crippen molar-refractivity contribution in [2.75, 3.05) is 4.90 Å². The topological polar surface area (TPSA) is 42.4 Å². The van der Waals surface area contributed by atoms with Gasteiger partial charge in [0.2, 0.25) is 6.41 Å². The highest BCUT2D eigenvalue weighted by molar-refractivity contribution is 7.13. The minimum Gasteiger partial charge on any atom is -0.406 e. The zero-order chi connectivity index (χ0) is 13.9. The number of amides is 1. The summed E-state index contributed by atoms with van der Waals surface area (Å²) in [6, 6.07) is 4.95. The molecule has 0 N–H and O–H groups in total. The minimum atomic E-state index is -4.73. The fourth-order valence-corrected chi connectivity index (χ4v) is 1.99. The van der Waals surface area contributed by atoms with Crippen LogP contribution in [-0.4, -0.2) is 17.8 Å². The van der Waals surface area contributed by atoms with Gasteiger partial charge in [0, 0.05) is 11.6 Å². The molecule has 2 rings (SSSR count). The number of thiazole rings is 1. The third-order valence-corrected chi connectivity index (χ3v) is 2.85. The van der Waals surface area contributed by atoms with Crippen LogP contribution in [0.4, 0.5) is 24.0 Å². The molecule has 0 aliphatic rings. The van der Waals surface area contributed by atoms with E-state index in [9.17, 15) is 18.0 Å². The van der Waals surface area contributed by atoms with Crippen LogP contribution in [0.3, 0.4) is 0 Å². The van der Waals surface area contributed by atoms with E-state index in [1.54, 1.807) is 5.38 Å². The number of aromatic nitrogens is 1. The largest absolute Gasteiger partial charge is 0.573 e. The second kappa shape index (κ2) is 5.27. The Hall–Kier alpha value is -2.09. The Bertz CT molecular complexity index is 540. The highest BCUT2D eigenvalue weighted by Gasteiger charge is 2.31. The molecule has 2 aromatic rings. The van der Waals surface area contributed by atoms with Crippen LogP contribution in [0.15, 0.2) is 35.8 Å². The van der Waals surface area contributed by atoms with Crippen LogP contribution < -0.4 is 9.64 Å². The second-order valence-electron chi connectivity index (χ2n) is 3.33. The fourth-order valence-electron chi connectivity index (χ4n) is 1.36. The van der Waals surface area contributed by atoms with Gasteiger partial charge < -0.3 is 4.74 Å². The van der Waals surface area contributed by atoms with Crippen molar-refractivity contribution in [3.05, 3.63) is 35.8 Å². The molecular weight excluding hydrogens is 281 g/mol. The molecule has 0 radical (unpaired) electrons. The molecule has 0 unspecified atom stereocenters. The molecule has 8 heteroatoms. The fraction of sp³-hybridized carbons (Fsp3) is 0.0909.